The van der Waals surface area contributed by atoms with Gasteiger partial charge in [0.15, 0.2) is 0 Å². The van der Waals surface area contributed by atoms with Crippen LogP contribution in [0.25, 0.3) is 0 Å². The second-order valence-corrected chi connectivity index (χ2v) is 4.77. The second kappa shape index (κ2) is 7.93. The summed E-state index contributed by atoms with van der Waals surface area (Å²) in [7, 11) is 1.59. The van der Waals surface area contributed by atoms with Crippen molar-refractivity contribution in [2.24, 2.45) is 0 Å². The normalized spacial score (nSPS) is 10.0. The van der Waals surface area contributed by atoms with Crippen LogP contribution in [0.15, 0.2) is 48.5 Å². The first-order valence-corrected chi connectivity index (χ1v) is 7.10. The van der Waals surface area contributed by atoms with Crippen LogP contribution in [-0.2, 0) is 4.79 Å². The van der Waals surface area contributed by atoms with Crippen molar-refractivity contribution in [2.45, 2.75) is 12.8 Å². The Morgan fingerprint density at radius 2 is 2.00 bits per heavy atom. The molecule has 0 spiro atoms. The van der Waals surface area contributed by atoms with Crippen molar-refractivity contribution in [3.8, 4) is 11.5 Å². The van der Waals surface area contributed by atoms with Crippen LogP contribution >= 0.6 is 0 Å². The lowest BCUT2D eigenvalue weighted by Crippen LogP contribution is -2.13. The molecule has 0 aliphatic carbocycles. The Bertz CT molecular complexity index is 629. The second-order valence-electron chi connectivity index (χ2n) is 4.77. The molecular weight excluding hydrogens is 280 g/mol. The molecule has 0 bridgehead atoms. The number of nitrogens with one attached hydrogen (secondary N) is 1. The maximum atomic E-state index is 11.9. The number of methoxy groups -OCH3 is 1. The number of carbonyl (C=O) groups is 1. The Hall–Kier alpha value is -2.69. The van der Waals surface area contributed by atoms with Crippen molar-refractivity contribution in [2.75, 3.05) is 24.8 Å². The van der Waals surface area contributed by atoms with Gasteiger partial charge in [-0.3, -0.25) is 4.79 Å². The standard InChI is InChI=1S/C17H20N2O3/c1-21-14-7-4-6-13(12-14)19-17(20)10-5-11-22-16-9-3-2-8-15(16)18/h2-4,6-9,12H,5,10-11,18H2,1H3,(H,19,20). The van der Waals surface area contributed by atoms with E-state index in [1.54, 1.807) is 19.2 Å². The topological polar surface area (TPSA) is 73.6 Å². The van der Waals surface area contributed by atoms with E-state index in [1.165, 1.54) is 0 Å². The Morgan fingerprint density at radius 1 is 1.18 bits per heavy atom. The van der Waals surface area contributed by atoms with E-state index in [2.05, 4.69) is 5.32 Å². The lowest BCUT2D eigenvalue weighted by atomic mass is 10.2. The largest absolute Gasteiger partial charge is 0.497 e. The molecule has 0 saturated heterocycles. The summed E-state index contributed by atoms with van der Waals surface area (Å²) in [6, 6.07) is 14.6. The van der Waals surface area contributed by atoms with Gasteiger partial charge in [-0.25, -0.2) is 0 Å². The zero-order valence-electron chi connectivity index (χ0n) is 12.5. The number of anilines is 2. The number of benzene rings is 2. The summed E-state index contributed by atoms with van der Waals surface area (Å²) in [5, 5.41) is 2.83. The minimum absolute atomic E-state index is 0.0575. The molecule has 2 aromatic carbocycles. The fourth-order valence-electron chi connectivity index (χ4n) is 1.95. The fraction of sp³-hybridized carbons (Fsp3) is 0.235. The van der Waals surface area contributed by atoms with Gasteiger partial charge in [0, 0.05) is 18.2 Å². The molecule has 0 unspecified atom stereocenters. The van der Waals surface area contributed by atoms with Gasteiger partial charge in [0.2, 0.25) is 5.91 Å². The molecule has 2 aromatic rings. The number of nitrogen functional groups attached to an aromatic ring is 1. The number of nitrogens with two attached hydrogens (primary N) is 1. The highest BCUT2D eigenvalue weighted by molar-refractivity contribution is 5.90. The minimum atomic E-state index is -0.0575. The van der Waals surface area contributed by atoms with Crippen LogP contribution in [0.3, 0.4) is 0 Å². The van der Waals surface area contributed by atoms with E-state index in [4.69, 9.17) is 15.2 Å². The molecule has 5 nitrogen and oxygen atoms in total. The minimum Gasteiger partial charge on any atom is -0.497 e. The SMILES string of the molecule is COc1cccc(NC(=O)CCCOc2ccccc2N)c1. The molecule has 0 aliphatic rings. The third kappa shape index (κ3) is 4.70. The van der Waals surface area contributed by atoms with Gasteiger partial charge < -0.3 is 20.5 Å². The van der Waals surface area contributed by atoms with Crippen LogP contribution in [0.4, 0.5) is 11.4 Å². The van der Waals surface area contributed by atoms with Gasteiger partial charge in [0.1, 0.15) is 11.5 Å². The van der Waals surface area contributed by atoms with E-state index >= 15 is 0 Å². The third-order valence-electron chi connectivity index (χ3n) is 3.08. The molecule has 116 valence electrons. The highest BCUT2D eigenvalue weighted by atomic mass is 16.5. The van der Waals surface area contributed by atoms with Crippen LogP contribution in [0.2, 0.25) is 0 Å². The molecule has 0 aromatic heterocycles. The summed E-state index contributed by atoms with van der Waals surface area (Å²) in [4.78, 5) is 11.9. The summed E-state index contributed by atoms with van der Waals surface area (Å²) >= 11 is 0. The quantitative estimate of drug-likeness (QED) is 0.609. The van der Waals surface area contributed by atoms with Gasteiger partial charge in [0.05, 0.1) is 19.4 Å². The van der Waals surface area contributed by atoms with Crippen LogP contribution in [0.1, 0.15) is 12.8 Å². The maximum Gasteiger partial charge on any atom is 0.224 e. The lowest BCUT2D eigenvalue weighted by molar-refractivity contribution is -0.116. The molecule has 3 N–H and O–H groups in total. The Balaban J connectivity index is 1.73. The van der Waals surface area contributed by atoms with Gasteiger partial charge in [0.25, 0.3) is 0 Å². The summed E-state index contributed by atoms with van der Waals surface area (Å²) in [6.07, 6.45) is 0.994. The predicted octanol–water partition coefficient (Wildman–Crippen LogP) is 3.08. The molecule has 0 heterocycles. The fourth-order valence-corrected chi connectivity index (χ4v) is 1.95. The lowest BCUT2D eigenvalue weighted by Gasteiger charge is -2.09. The van der Waals surface area contributed by atoms with Crippen LogP contribution < -0.4 is 20.5 Å². The van der Waals surface area contributed by atoms with Crippen molar-refractivity contribution in [3.05, 3.63) is 48.5 Å². The van der Waals surface area contributed by atoms with Crippen molar-refractivity contribution in [1.29, 1.82) is 0 Å². The Labute approximate surface area is 130 Å². The van der Waals surface area contributed by atoms with Crippen molar-refractivity contribution in [3.63, 3.8) is 0 Å². The molecule has 0 fully saturated rings. The van der Waals surface area contributed by atoms with E-state index in [0.717, 1.165) is 5.69 Å². The molecule has 0 aliphatic heterocycles. The Morgan fingerprint density at radius 3 is 2.77 bits per heavy atom. The summed E-state index contributed by atoms with van der Waals surface area (Å²) in [5.41, 5.74) is 7.10. The molecule has 0 saturated carbocycles. The molecule has 0 atom stereocenters. The number of ether oxygens (including phenoxy) is 2. The third-order valence-corrected chi connectivity index (χ3v) is 3.08. The van der Waals surface area contributed by atoms with Crippen molar-refractivity contribution >= 4 is 17.3 Å². The van der Waals surface area contributed by atoms with Crippen LogP contribution in [-0.4, -0.2) is 19.6 Å². The summed E-state index contributed by atoms with van der Waals surface area (Å²) < 4.78 is 10.7. The first-order valence-electron chi connectivity index (χ1n) is 7.10. The molecule has 0 radical (unpaired) electrons. The predicted molar refractivity (Wildman–Crippen MR) is 87.2 cm³/mol. The average Bonchev–Trinajstić information content (AvgIpc) is 2.53. The first-order chi connectivity index (χ1) is 10.7. The molecule has 22 heavy (non-hydrogen) atoms. The van der Waals surface area contributed by atoms with Crippen molar-refractivity contribution in [1.82, 2.24) is 0 Å². The number of carbonyl (C=O) groups excluding carboxylic acids is 1. The van der Waals surface area contributed by atoms with Gasteiger partial charge in [-0.2, -0.15) is 0 Å². The molecule has 2 rings (SSSR count). The van der Waals surface area contributed by atoms with Crippen molar-refractivity contribution < 1.29 is 14.3 Å². The zero-order valence-corrected chi connectivity index (χ0v) is 12.5. The van der Waals surface area contributed by atoms with Gasteiger partial charge in [-0.1, -0.05) is 18.2 Å². The Kier molecular flexibility index (Phi) is 5.65. The smallest absolute Gasteiger partial charge is 0.224 e. The van der Waals surface area contributed by atoms with Gasteiger partial charge >= 0.3 is 0 Å². The van der Waals surface area contributed by atoms with Crippen LogP contribution in [0.5, 0.6) is 11.5 Å². The molecule has 1 amide bonds. The van der Waals surface area contributed by atoms with E-state index in [-0.39, 0.29) is 5.91 Å². The highest BCUT2D eigenvalue weighted by Crippen LogP contribution is 2.20. The average molecular weight is 300 g/mol. The van der Waals surface area contributed by atoms with Gasteiger partial charge in [-0.05, 0) is 30.7 Å². The van der Waals surface area contributed by atoms with E-state index in [9.17, 15) is 4.79 Å². The maximum absolute atomic E-state index is 11.9. The van der Waals surface area contributed by atoms with E-state index < -0.39 is 0 Å². The number of hydrogen-bond donors (Lipinski definition) is 2. The number of rotatable bonds is 7. The van der Waals surface area contributed by atoms with Crippen LogP contribution in [0, 0.1) is 0 Å². The molecular formula is C17H20N2O3. The summed E-state index contributed by atoms with van der Waals surface area (Å²) in [5.74, 6) is 1.30. The number of amides is 1. The van der Waals surface area contributed by atoms with E-state index in [1.807, 2.05) is 36.4 Å². The summed E-state index contributed by atoms with van der Waals surface area (Å²) in [6.45, 7) is 0.444. The zero-order chi connectivity index (χ0) is 15.8. The monoisotopic (exact) mass is 300 g/mol. The van der Waals surface area contributed by atoms with E-state index in [0.29, 0.717) is 36.6 Å². The number of hydrogen-bond acceptors (Lipinski definition) is 4. The highest BCUT2D eigenvalue weighted by Gasteiger charge is 2.04. The number of para-hydroxylation sites is 2. The molecule has 5 heteroatoms. The first kappa shape index (κ1) is 15.7. The van der Waals surface area contributed by atoms with Gasteiger partial charge in [-0.15, -0.1) is 0 Å².